The fourth-order valence-electron chi connectivity index (χ4n) is 2.25. The van der Waals surface area contributed by atoms with E-state index in [1.807, 2.05) is 43.3 Å². The standard InChI is InChI=1S/C18H18N2O4/c1-12(23-14-7-5-4-6-8-14)18-19-17(20-24-18)13-9-10-15(21-2)16(11-13)22-3/h4-12H,1-3H3/t12-/m0/s1. The summed E-state index contributed by atoms with van der Waals surface area (Å²) in [5, 5.41) is 4.02. The minimum atomic E-state index is -0.353. The fourth-order valence-corrected chi connectivity index (χ4v) is 2.25. The zero-order valence-electron chi connectivity index (χ0n) is 13.7. The lowest BCUT2D eigenvalue weighted by molar-refractivity contribution is 0.176. The average Bonchev–Trinajstić information content (AvgIpc) is 3.12. The van der Waals surface area contributed by atoms with Gasteiger partial charge in [0.15, 0.2) is 17.6 Å². The molecule has 0 spiro atoms. The van der Waals surface area contributed by atoms with Crippen molar-refractivity contribution in [1.29, 1.82) is 0 Å². The molecule has 1 atom stereocenters. The SMILES string of the molecule is COc1ccc(-c2noc([C@H](C)Oc3ccccc3)n2)cc1OC. The van der Waals surface area contributed by atoms with Crippen molar-refractivity contribution in [3.8, 4) is 28.6 Å². The van der Waals surface area contributed by atoms with Gasteiger partial charge in [0.25, 0.3) is 5.89 Å². The summed E-state index contributed by atoms with van der Waals surface area (Å²) in [5.41, 5.74) is 0.773. The second kappa shape index (κ2) is 7.04. The number of methoxy groups -OCH3 is 2. The van der Waals surface area contributed by atoms with Crippen molar-refractivity contribution in [1.82, 2.24) is 10.1 Å². The first-order chi connectivity index (χ1) is 11.7. The van der Waals surface area contributed by atoms with Gasteiger partial charge >= 0.3 is 0 Å². The third kappa shape index (κ3) is 3.32. The van der Waals surface area contributed by atoms with Gasteiger partial charge in [0.2, 0.25) is 5.82 Å². The Labute approximate surface area is 140 Å². The largest absolute Gasteiger partial charge is 0.493 e. The van der Waals surface area contributed by atoms with Crippen molar-refractivity contribution in [3.63, 3.8) is 0 Å². The molecule has 3 aromatic rings. The van der Waals surface area contributed by atoms with Gasteiger partial charge in [-0.15, -0.1) is 0 Å². The van der Waals surface area contributed by atoms with Gasteiger partial charge in [0.05, 0.1) is 14.2 Å². The molecule has 24 heavy (non-hydrogen) atoms. The first-order valence-electron chi connectivity index (χ1n) is 7.49. The first-order valence-corrected chi connectivity index (χ1v) is 7.49. The summed E-state index contributed by atoms with van der Waals surface area (Å²) >= 11 is 0. The number of benzene rings is 2. The van der Waals surface area contributed by atoms with Crippen LogP contribution in [-0.4, -0.2) is 24.4 Å². The highest BCUT2D eigenvalue weighted by Crippen LogP contribution is 2.31. The molecule has 0 radical (unpaired) electrons. The lowest BCUT2D eigenvalue weighted by atomic mass is 10.2. The van der Waals surface area contributed by atoms with Crippen molar-refractivity contribution >= 4 is 0 Å². The highest BCUT2D eigenvalue weighted by molar-refractivity contribution is 5.60. The van der Waals surface area contributed by atoms with Crippen LogP contribution in [0.1, 0.15) is 18.9 Å². The topological polar surface area (TPSA) is 66.6 Å². The van der Waals surface area contributed by atoms with Crippen LogP contribution in [0.4, 0.5) is 0 Å². The van der Waals surface area contributed by atoms with E-state index in [0.29, 0.717) is 23.2 Å². The van der Waals surface area contributed by atoms with Crippen molar-refractivity contribution in [3.05, 3.63) is 54.4 Å². The zero-order chi connectivity index (χ0) is 16.9. The van der Waals surface area contributed by atoms with E-state index < -0.39 is 0 Å². The predicted molar refractivity (Wildman–Crippen MR) is 88.3 cm³/mol. The van der Waals surface area contributed by atoms with E-state index in [4.69, 9.17) is 18.7 Å². The molecule has 0 aliphatic carbocycles. The van der Waals surface area contributed by atoms with E-state index in [1.54, 1.807) is 26.4 Å². The van der Waals surface area contributed by atoms with Crippen LogP contribution in [0.15, 0.2) is 53.1 Å². The highest BCUT2D eigenvalue weighted by Gasteiger charge is 2.17. The molecule has 0 saturated heterocycles. The van der Waals surface area contributed by atoms with Crippen LogP contribution in [0.2, 0.25) is 0 Å². The van der Waals surface area contributed by atoms with E-state index in [2.05, 4.69) is 10.1 Å². The monoisotopic (exact) mass is 326 g/mol. The Bertz CT molecular complexity index is 802. The number of para-hydroxylation sites is 1. The molecule has 0 aliphatic rings. The van der Waals surface area contributed by atoms with Crippen LogP contribution in [0.25, 0.3) is 11.4 Å². The lowest BCUT2D eigenvalue weighted by Gasteiger charge is -2.10. The minimum Gasteiger partial charge on any atom is -0.493 e. The van der Waals surface area contributed by atoms with Crippen LogP contribution in [0.3, 0.4) is 0 Å². The number of nitrogens with zero attached hydrogens (tertiary/aromatic N) is 2. The fraction of sp³-hybridized carbons (Fsp3) is 0.222. The van der Waals surface area contributed by atoms with Crippen LogP contribution in [0, 0.1) is 0 Å². The molecule has 0 aliphatic heterocycles. The lowest BCUT2D eigenvalue weighted by Crippen LogP contribution is -2.03. The molecular weight excluding hydrogens is 308 g/mol. The van der Waals surface area contributed by atoms with E-state index in [9.17, 15) is 0 Å². The van der Waals surface area contributed by atoms with Crippen molar-refractivity contribution in [2.24, 2.45) is 0 Å². The van der Waals surface area contributed by atoms with Crippen molar-refractivity contribution < 1.29 is 18.7 Å². The molecule has 6 nitrogen and oxygen atoms in total. The Morgan fingerprint density at radius 2 is 1.71 bits per heavy atom. The van der Waals surface area contributed by atoms with Crippen LogP contribution in [-0.2, 0) is 0 Å². The molecule has 0 bridgehead atoms. The quantitative estimate of drug-likeness (QED) is 0.684. The number of hydrogen-bond acceptors (Lipinski definition) is 6. The van der Waals surface area contributed by atoms with Crippen LogP contribution < -0.4 is 14.2 Å². The van der Waals surface area contributed by atoms with Gasteiger partial charge in [-0.25, -0.2) is 0 Å². The smallest absolute Gasteiger partial charge is 0.267 e. The molecule has 1 heterocycles. The van der Waals surface area contributed by atoms with Gasteiger partial charge in [0.1, 0.15) is 5.75 Å². The maximum Gasteiger partial charge on any atom is 0.267 e. The molecule has 0 N–H and O–H groups in total. The summed E-state index contributed by atoms with van der Waals surface area (Å²) in [6.07, 6.45) is -0.353. The molecule has 2 aromatic carbocycles. The van der Waals surface area contributed by atoms with E-state index >= 15 is 0 Å². The van der Waals surface area contributed by atoms with Gasteiger partial charge in [-0.3, -0.25) is 0 Å². The van der Waals surface area contributed by atoms with Crippen LogP contribution >= 0.6 is 0 Å². The average molecular weight is 326 g/mol. The van der Waals surface area contributed by atoms with Gasteiger partial charge in [-0.1, -0.05) is 23.4 Å². The Balaban J connectivity index is 1.80. The summed E-state index contributed by atoms with van der Waals surface area (Å²) < 4.78 is 21.6. The van der Waals surface area contributed by atoms with Gasteiger partial charge in [-0.2, -0.15) is 4.98 Å². The van der Waals surface area contributed by atoms with E-state index in [-0.39, 0.29) is 6.10 Å². The molecule has 0 unspecified atom stereocenters. The van der Waals surface area contributed by atoms with Gasteiger partial charge in [-0.05, 0) is 37.3 Å². The first kappa shape index (κ1) is 15.9. The molecule has 3 rings (SSSR count). The van der Waals surface area contributed by atoms with E-state index in [1.165, 1.54) is 0 Å². The molecule has 0 fully saturated rings. The normalized spacial score (nSPS) is 11.8. The number of ether oxygens (including phenoxy) is 3. The summed E-state index contributed by atoms with van der Waals surface area (Å²) in [6.45, 7) is 1.86. The third-order valence-electron chi connectivity index (χ3n) is 3.49. The molecule has 1 aromatic heterocycles. The molecule has 6 heteroatoms. The van der Waals surface area contributed by atoms with Crippen molar-refractivity contribution in [2.45, 2.75) is 13.0 Å². The predicted octanol–water partition coefficient (Wildman–Crippen LogP) is 3.89. The molecular formula is C18H18N2O4. The summed E-state index contributed by atoms with van der Waals surface area (Å²) in [7, 11) is 3.17. The summed E-state index contributed by atoms with van der Waals surface area (Å²) in [4.78, 5) is 4.41. The van der Waals surface area contributed by atoms with Gasteiger partial charge in [0, 0.05) is 5.56 Å². The van der Waals surface area contributed by atoms with Gasteiger partial charge < -0.3 is 18.7 Å². The van der Waals surface area contributed by atoms with Crippen molar-refractivity contribution in [2.75, 3.05) is 14.2 Å². The summed E-state index contributed by atoms with van der Waals surface area (Å²) in [5.74, 6) is 2.87. The Morgan fingerprint density at radius 1 is 0.958 bits per heavy atom. The zero-order valence-corrected chi connectivity index (χ0v) is 13.7. The second-order valence-electron chi connectivity index (χ2n) is 5.10. The summed E-state index contributed by atoms with van der Waals surface area (Å²) in [6, 6.07) is 14.9. The van der Waals surface area contributed by atoms with E-state index in [0.717, 1.165) is 11.3 Å². The number of rotatable bonds is 6. The maximum atomic E-state index is 5.79. The molecule has 124 valence electrons. The Morgan fingerprint density at radius 3 is 2.42 bits per heavy atom. The minimum absolute atomic E-state index is 0.353. The second-order valence-corrected chi connectivity index (χ2v) is 5.10. The molecule has 0 saturated carbocycles. The maximum absolute atomic E-state index is 5.79. The van der Waals surface area contributed by atoms with Crippen LogP contribution in [0.5, 0.6) is 17.2 Å². The Kier molecular flexibility index (Phi) is 4.65. The highest BCUT2D eigenvalue weighted by atomic mass is 16.5. The Hall–Kier alpha value is -3.02. The molecule has 0 amide bonds. The number of aromatic nitrogens is 2. The number of hydrogen-bond donors (Lipinski definition) is 0. The third-order valence-corrected chi connectivity index (χ3v) is 3.49.